The van der Waals surface area contributed by atoms with E-state index in [0.29, 0.717) is 21.9 Å². The highest BCUT2D eigenvalue weighted by Crippen LogP contribution is 2.47. The summed E-state index contributed by atoms with van der Waals surface area (Å²) in [4.78, 5) is 2.25. The van der Waals surface area contributed by atoms with Gasteiger partial charge in [-0.15, -0.1) is 0 Å². The van der Waals surface area contributed by atoms with Gasteiger partial charge in [-0.05, 0) is 49.2 Å². The summed E-state index contributed by atoms with van der Waals surface area (Å²) in [5, 5.41) is 1.34. The third-order valence-electron chi connectivity index (χ3n) is 4.27. The third kappa shape index (κ3) is 2.83. The van der Waals surface area contributed by atoms with Gasteiger partial charge in [0.15, 0.2) is 0 Å². The van der Waals surface area contributed by atoms with E-state index in [1.54, 1.807) is 0 Å². The Morgan fingerprint density at radius 3 is 2.33 bits per heavy atom. The van der Waals surface area contributed by atoms with Crippen molar-refractivity contribution in [2.45, 2.75) is 18.3 Å². The van der Waals surface area contributed by atoms with Crippen molar-refractivity contribution in [3.05, 3.63) is 69.2 Å². The zero-order chi connectivity index (χ0) is 15.0. The van der Waals surface area contributed by atoms with Gasteiger partial charge in [0.05, 0.1) is 10.0 Å². The molecule has 2 unspecified atom stereocenters. The predicted octanol–water partition coefficient (Wildman–Crippen LogP) is 5.17. The van der Waals surface area contributed by atoms with Gasteiger partial charge in [-0.3, -0.25) is 0 Å². The minimum Gasteiger partial charge on any atom is -0.309 e. The molecule has 0 heterocycles. The van der Waals surface area contributed by atoms with Crippen LogP contribution in [-0.2, 0) is 0 Å². The standard InChI is InChI=1S/C18H19Cl2N/c1-21(2)11-12-10-16(14-7-4-3-6-13(12)14)15-8-5-9-17(19)18(15)20/h3-9,12,16H,10-11H2,1-2H3. The molecule has 2 atom stereocenters. The summed E-state index contributed by atoms with van der Waals surface area (Å²) in [6.07, 6.45) is 1.09. The average molecular weight is 320 g/mol. The number of rotatable bonds is 3. The van der Waals surface area contributed by atoms with Crippen LogP contribution >= 0.6 is 23.2 Å². The van der Waals surface area contributed by atoms with Gasteiger partial charge in [-0.25, -0.2) is 0 Å². The van der Waals surface area contributed by atoms with E-state index in [4.69, 9.17) is 23.2 Å². The predicted molar refractivity (Wildman–Crippen MR) is 90.7 cm³/mol. The fourth-order valence-corrected chi connectivity index (χ4v) is 3.88. The van der Waals surface area contributed by atoms with Crippen molar-refractivity contribution in [1.82, 2.24) is 4.90 Å². The van der Waals surface area contributed by atoms with Crippen molar-refractivity contribution in [3.8, 4) is 0 Å². The maximum absolute atomic E-state index is 6.45. The third-order valence-corrected chi connectivity index (χ3v) is 5.11. The van der Waals surface area contributed by atoms with Crippen LogP contribution in [-0.4, -0.2) is 25.5 Å². The second kappa shape index (κ2) is 6.00. The Morgan fingerprint density at radius 2 is 1.62 bits per heavy atom. The molecule has 0 N–H and O–H groups in total. The summed E-state index contributed by atoms with van der Waals surface area (Å²) in [6.45, 7) is 1.06. The van der Waals surface area contributed by atoms with Crippen LogP contribution in [0.1, 0.15) is 34.9 Å². The van der Waals surface area contributed by atoms with Crippen molar-refractivity contribution in [1.29, 1.82) is 0 Å². The van der Waals surface area contributed by atoms with E-state index in [1.807, 2.05) is 12.1 Å². The number of hydrogen-bond acceptors (Lipinski definition) is 1. The van der Waals surface area contributed by atoms with E-state index in [9.17, 15) is 0 Å². The van der Waals surface area contributed by atoms with Crippen LogP contribution in [0.4, 0.5) is 0 Å². The highest BCUT2D eigenvalue weighted by atomic mass is 35.5. The molecule has 0 aliphatic heterocycles. The number of halogens is 2. The van der Waals surface area contributed by atoms with Crippen LogP contribution in [0.5, 0.6) is 0 Å². The summed E-state index contributed by atoms with van der Waals surface area (Å²) >= 11 is 12.7. The van der Waals surface area contributed by atoms with E-state index in [0.717, 1.165) is 18.5 Å². The SMILES string of the molecule is CN(C)CC1CC(c2cccc(Cl)c2Cl)c2ccccc21. The summed E-state index contributed by atoms with van der Waals surface area (Å²) in [5.74, 6) is 0.897. The van der Waals surface area contributed by atoms with Gasteiger partial charge in [0, 0.05) is 12.5 Å². The Kier molecular flexibility index (Phi) is 4.26. The number of nitrogens with zero attached hydrogens (tertiary/aromatic N) is 1. The fraction of sp³-hybridized carbons (Fsp3) is 0.333. The van der Waals surface area contributed by atoms with E-state index in [-0.39, 0.29) is 0 Å². The van der Waals surface area contributed by atoms with E-state index in [1.165, 1.54) is 11.1 Å². The maximum Gasteiger partial charge on any atom is 0.0630 e. The minimum absolute atomic E-state index is 0.345. The quantitative estimate of drug-likeness (QED) is 0.754. The Morgan fingerprint density at radius 1 is 0.952 bits per heavy atom. The lowest BCUT2D eigenvalue weighted by Crippen LogP contribution is -2.19. The zero-order valence-corrected chi connectivity index (χ0v) is 13.8. The minimum atomic E-state index is 0.345. The molecule has 0 fully saturated rings. The highest BCUT2D eigenvalue weighted by molar-refractivity contribution is 6.42. The lowest BCUT2D eigenvalue weighted by atomic mass is 9.92. The molecule has 1 nitrogen and oxygen atoms in total. The Labute approximate surface area is 136 Å². The average Bonchev–Trinajstić information content (AvgIpc) is 2.80. The van der Waals surface area contributed by atoms with Gasteiger partial charge >= 0.3 is 0 Å². The van der Waals surface area contributed by atoms with Crippen LogP contribution in [0, 0.1) is 0 Å². The van der Waals surface area contributed by atoms with Crippen LogP contribution in [0.15, 0.2) is 42.5 Å². The number of hydrogen-bond donors (Lipinski definition) is 0. The molecule has 3 heteroatoms. The molecule has 0 aromatic heterocycles. The van der Waals surface area contributed by atoms with Gasteiger partial charge in [0.2, 0.25) is 0 Å². The van der Waals surface area contributed by atoms with Crippen LogP contribution in [0.25, 0.3) is 0 Å². The topological polar surface area (TPSA) is 3.24 Å². The molecule has 0 saturated heterocycles. The molecule has 0 saturated carbocycles. The lowest BCUT2D eigenvalue weighted by Gasteiger charge is -2.18. The molecule has 0 radical (unpaired) electrons. The fourth-order valence-electron chi connectivity index (χ4n) is 3.44. The molecule has 1 aliphatic rings. The molecule has 1 aliphatic carbocycles. The summed E-state index contributed by atoms with van der Waals surface area (Å²) in [6, 6.07) is 14.7. The molecule has 0 bridgehead atoms. The highest BCUT2D eigenvalue weighted by Gasteiger charge is 2.33. The Bertz CT molecular complexity index is 651. The first-order chi connectivity index (χ1) is 10.1. The zero-order valence-electron chi connectivity index (χ0n) is 12.3. The molecule has 21 heavy (non-hydrogen) atoms. The molecular weight excluding hydrogens is 301 g/mol. The van der Waals surface area contributed by atoms with Crippen molar-refractivity contribution >= 4 is 23.2 Å². The van der Waals surface area contributed by atoms with Gasteiger partial charge < -0.3 is 4.90 Å². The molecule has 2 aromatic carbocycles. The first kappa shape index (κ1) is 14.9. The monoisotopic (exact) mass is 319 g/mol. The second-order valence-electron chi connectivity index (χ2n) is 6.02. The molecule has 3 rings (SSSR count). The second-order valence-corrected chi connectivity index (χ2v) is 6.80. The van der Waals surface area contributed by atoms with Gasteiger partial charge in [-0.2, -0.15) is 0 Å². The summed E-state index contributed by atoms with van der Waals surface area (Å²) in [5.41, 5.74) is 4.00. The molecule has 110 valence electrons. The summed E-state index contributed by atoms with van der Waals surface area (Å²) in [7, 11) is 4.25. The van der Waals surface area contributed by atoms with Gasteiger partial charge in [-0.1, -0.05) is 59.6 Å². The van der Waals surface area contributed by atoms with E-state index in [2.05, 4.69) is 49.3 Å². The largest absolute Gasteiger partial charge is 0.309 e. The van der Waals surface area contributed by atoms with Crippen LogP contribution < -0.4 is 0 Å². The van der Waals surface area contributed by atoms with Crippen LogP contribution in [0.2, 0.25) is 10.0 Å². The maximum atomic E-state index is 6.45. The lowest BCUT2D eigenvalue weighted by molar-refractivity contribution is 0.368. The van der Waals surface area contributed by atoms with Crippen LogP contribution in [0.3, 0.4) is 0 Å². The normalized spacial score (nSPS) is 20.8. The first-order valence-corrected chi connectivity index (χ1v) is 8.01. The number of benzene rings is 2. The molecule has 0 spiro atoms. The van der Waals surface area contributed by atoms with Gasteiger partial charge in [0.1, 0.15) is 0 Å². The van der Waals surface area contributed by atoms with E-state index < -0.39 is 0 Å². The summed E-state index contributed by atoms with van der Waals surface area (Å²) < 4.78 is 0. The van der Waals surface area contributed by atoms with Crippen molar-refractivity contribution in [2.75, 3.05) is 20.6 Å². The number of likely N-dealkylation sites (N-methyl/N-ethyl adjacent to an activating group) is 1. The Balaban J connectivity index is 2.03. The smallest absolute Gasteiger partial charge is 0.0630 e. The molecule has 2 aromatic rings. The molecular formula is C18H19Cl2N. The van der Waals surface area contributed by atoms with Crippen molar-refractivity contribution in [2.24, 2.45) is 0 Å². The van der Waals surface area contributed by atoms with Crippen molar-refractivity contribution < 1.29 is 0 Å². The molecule has 0 amide bonds. The first-order valence-electron chi connectivity index (χ1n) is 7.25. The van der Waals surface area contributed by atoms with Gasteiger partial charge in [0.25, 0.3) is 0 Å². The van der Waals surface area contributed by atoms with Crippen molar-refractivity contribution in [3.63, 3.8) is 0 Å². The number of fused-ring (bicyclic) bond motifs is 1. The van der Waals surface area contributed by atoms with E-state index >= 15 is 0 Å². The Hall–Kier alpha value is -1.02.